The second-order valence-corrected chi connectivity index (χ2v) is 8.65. The Morgan fingerprint density at radius 3 is 2.66 bits per heavy atom. The topological polar surface area (TPSA) is 90.9 Å². The minimum Gasteiger partial charge on any atom is -0.447 e. The summed E-state index contributed by atoms with van der Waals surface area (Å²) in [5, 5.41) is 3.05. The van der Waals surface area contributed by atoms with Crippen molar-refractivity contribution >= 4 is 23.8 Å². The summed E-state index contributed by atoms with van der Waals surface area (Å²) in [5.41, 5.74) is 1.89. The van der Waals surface area contributed by atoms with Gasteiger partial charge in [-0.3, -0.25) is 14.6 Å². The molecule has 2 aliphatic heterocycles. The lowest BCUT2D eigenvalue weighted by Gasteiger charge is -2.34. The predicted octanol–water partition coefficient (Wildman–Crippen LogP) is 3.16. The van der Waals surface area contributed by atoms with E-state index in [1.165, 1.54) is 11.0 Å². The first-order valence-electron chi connectivity index (χ1n) is 11.9. The number of halogens is 1. The highest BCUT2D eigenvalue weighted by molar-refractivity contribution is 5.89. The highest BCUT2D eigenvalue weighted by Crippen LogP contribution is 2.25. The maximum Gasteiger partial charge on any atom is 0.415 e. The number of benzene rings is 1. The summed E-state index contributed by atoms with van der Waals surface area (Å²) in [6.07, 6.45) is 3.20. The number of amides is 2. The zero-order chi connectivity index (χ0) is 24.8. The number of carbonyl (C=O) groups is 2. The molecule has 1 unspecified atom stereocenters. The summed E-state index contributed by atoms with van der Waals surface area (Å²) in [7, 11) is 0. The number of nitrogens with one attached hydrogen (secondary N) is 1. The summed E-state index contributed by atoms with van der Waals surface area (Å²) >= 11 is 0. The summed E-state index contributed by atoms with van der Waals surface area (Å²) in [5.74, 6) is 0.647. The minimum atomic E-state index is -0.643. The Labute approximate surface area is 204 Å². The molecule has 0 aliphatic carbocycles. The molecular formula is C25H31FN6O3. The van der Waals surface area contributed by atoms with E-state index in [1.54, 1.807) is 17.2 Å². The molecule has 2 amide bonds. The standard InChI is InChI=1S/C25H31FN6O3/c1-3-20-17-35-25(34)32(20)22-9-10-27-24(29-22)28-21(15-26)19-7-5-18(6-8-19)16-30-11-13-31(14-12-30)23(33)4-2/h4-10,20-21H,2-3,11-17H2,1H3,(H,27,28,29)/t20-,21?/m0/s1. The van der Waals surface area contributed by atoms with Gasteiger partial charge in [-0.25, -0.2) is 14.2 Å². The van der Waals surface area contributed by atoms with Crippen LogP contribution in [0.25, 0.3) is 0 Å². The molecule has 2 saturated heterocycles. The lowest BCUT2D eigenvalue weighted by molar-refractivity contribution is -0.127. The molecule has 0 bridgehead atoms. The number of cyclic esters (lactones) is 1. The van der Waals surface area contributed by atoms with E-state index in [4.69, 9.17) is 4.74 Å². The van der Waals surface area contributed by atoms with Gasteiger partial charge in [-0.05, 0) is 29.7 Å². The summed E-state index contributed by atoms with van der Waals surface area (Å²) in [4.78, 5) is 38.1. The molecule has 3 heterocycles. The number of nitrogens with zero attached hydrogens (tertiary/aromatic N) is 5. The Morgan fingerprint density at radius 1 is 1.26 bits per heavy atom. The van der Waals surface area contributed by atoms with Gasteiger partial charge in [0.15, 0.2) is 0 Å². The van der Waals surface area contributed by atoms with Crippen molar-refractivity contribution < 1.29 is 18.7 Å². The molecule has 0 saturated carbocycles. The van der Waals surface area contributed by atoms with Gasteiger partial charge in [0.05, 0.1) is 12.1 Å². The zero-order valence-corrected chi connectivity index (χ0v) is 19.9. The SMILES string of the molecule is C=CC(=O)N1CCN(Cc2ccc(C(CF)Nc3nccc(N4C(=O)OC[C@@H]4CC)n3)cc2)CC1. The Morgan fingerprint density at radius 2 is 2.00 bits per heavy atom. The van der Waals surface area contributed by atoms with Crippen LogP contribution in [0, 0.1) is 0 Å². The first-order valence-corrected chi connectivity index (χ1v) is 11.9. The molecule has 4 rings (SSSR count). The smallest absolute Gasteiger partial charge is 0.415 e. The van der Waals surface area contributed by atoms with Crippen LogP contribution in [-0.4, -0.2) is 77.3 Å². The molecule has 2 fully saturated rings. The lowest BCUT2D eigenvalue weighted by atomic mass is 10.1. The van der Waals surface area contributed by atoms with Gasteiger partial charge in [0.1, 0.15) is 19.1 Å². The number of anilines is 2. The van der Waals surface area contributed by atoms with Crippen LogP contribution in [0.3, 0.4) is 0 Å². The van der Waals surface area contributed by atoms with Crippen LogP contribution in [0.1, 0.15) is 30.5 Å². The molecule has 10 heteroatoms. The van der Waals surface area contributed by atoms with Gasteiger partial charge in [0.25, 0.3) is 0 Å². The molecule has 1 aromatic heterocycles. The molecule has 2 atom stereocenters. The third-order valence-electron chi connectivity index (χ3n) is 6.42. The van der Waals surface area contributed by atoms with Crippen LogP contribution in [0.5, 0.6) is 0 Å². The van der Waals surface area contributed by atoms with E-state index in [-0.39, 0.29) is 17.9 Å². The minimum absolute atomic E-state index is 0.0289. The third-order valence-corrected chi connectivity index (χ3v) is 6.42. The van der Waals surface area contributed by atoms with Crippen molar-refractivity contribution in [1.82, 2.24) is 19.8 Å². The second-order valence-electron chi connectivity index (χ2n) is 8.65. The number of hydrogen-bond acceptors (Lipinski definition) is 7. The molecule has 9 nitrogen and oxygen atoms in total. The van der Waals surface area contributed by atoms with E-state index in [1.807, 2.05) is 31.2 Å². The predicted molar refractivity (Wildman–Crippen MR) is 131 cm³/mol. The lowest BCUT2D eigenvalue weighted by Crippen LogP contribution is -2.47. The van der Waals surface area contributed by atoms with Crippen LogP contribution in [0.15, 0.2) is 49.2 Å². The first-order chi connectivity index (χ1) is 17.0. The van der Waals surface area contributed by atoms with Gasteiger partial charge < -0.3 is 15.0 Å². The Hall–Kier alpha value is -3.53. The molecule has 35 heavy (non-hydrogen) atoms. The molecule has 2 aliphatic rings. The van der Waals surface area contributed by atoms with E-state index in [0.717, 1.165) is 37.2 Å². The fourth-order valence-corrected chi connectivity index (χ4v) is 4.33. The molecule has 186 valence electrons. The largest absolute Gasteiger partial charge is 0.447 e. The fourth-order valence-electron chi connectivity index (χ4n) is 4.33. The summed E-state index contributed by atoms with van der Waals surface area (Å²) < 4.78 is 19.1. The maximum atomic E-state index is 14.0. The quantitative estimate of drug-likeness (QED) is 0.549. The number of ether oxygens (including phenoxy) is 1. The van der Waals surface area contributed by atoms with Crippen LogP contribution in [-0.2, 0) is 16.1 Å². The van der Waals surface area contributed by atoms with Gasteiger partial charge in [0.2, 0.25) is 11.9 Å². The van der Waals surface area contributed by atoms with Crippen molar-refractivity contribution in [3.8, 4) is 0 Å². The van der Waals surface area contributed by atoms with Crippen molar-refractivity contribution in [2.75, 3.05) is 49.7 Å². The second kappa shape index (κ2) is 11.3. The average Bonchev–Trinajstić information content (AvgIpc) is 3.28. The Bertz CT molecular complexity index is 1040. The van der Waals surface area contributed by atoms with Gasteiger partial charge in [-0.15, -0.1) is 0 Å². The average molecular weight is 483 g/mol. The Balaban J connectivity index is 1.37. The highest BCUT2D eigenvalue weighted by Gasteiger charge is 2.34. The van der Waals surface area contributed by atoms with Crippen LogP contribution in [0.2, 0.25) is 0 Å². The van der Waals surface area contributed by atoms with E-state index in [2.05, 4.69) is 26.8 Å². The van der Waals surface area contributed by atoms with Crippen molar-refractivity contribution in [3.63, 3.8) is 0 Å². The van der Waals surface area contributed by atoms with Crippen LogP contribution < -0.4 is 10.2 Å². The van der Waals surface area contributed by atoms with Gasteiger partial charge >= 0.3 is 6.09 Å². The summed E-state index contributed by atoms with van der Waals surface area (Å²) in [6, 6.07) is 8.72. The number of hydrogen-bond donors (Lipinski definition) is 1. The zero-order valence-electron chi connectivity index (χ0n) is 19.9. The van der Waals surface area contributed by atoms with Gasteiger partial charge in [-0.1, -0.05) is 37.8 Å². The van der Waals surface area contributed by atoms with E-state index < -0.39 is 18.8 Å². The van der Waals surface area contributed by atoms with Crippen molar-refractivity contribution in [2.24, 2.45) is 0 Å². The molecule has 1 aromatic carbocycles. The monoisotopic (exact) mass is 482 g/mol. The molecule has 0 spiro atoms. The van der Waals surface area contributed by atoms with Crippen LogP contribution >= 0.6 is 0 Å². The van der Waals surface area contributed by atoms with Crippen LogP contribution in [0.4, 0.5) is 21.0 Å². The Kier molecular flexibility index (Phi) is 7.91. The maximum absolute atomic E-state index is 14.0. The first kappa shape index (κ1) is 24.6. The normalized spacial score (nSPS) is 19.4. The van der Waals surface area contributed by atoms with Crippen molar-refractivity contribution in [3.05, 3.63) is 60.3 Å². The van der Waals surface area contributed by atoms with Gasteiger partial charge in [0, 0.05) is 38.9 Å². The number of rotatable bonds is 9. The van der Waals surface area contributed by atoms with Crippen molar-refractivity contribution in [1.29, 1.82) is 0 Å². The van der Waals surface area contributed by atoms with Crippen molar-refractivity contribution in [2.45, 2.75) is 32.0 Å². The molecule has 2 aromatic rings. The summed E-state index contributed by atoms with van der Waals surface area (Å²) in [6.45, 7) is 8.93. The third kappa shape index (κ3) is 5.76. The van der Waals surface area contributed by atoms with E-state index >= 15 is 0 Å². The molecule has 0 radical (unpaired) electrons. The molecular weight excluding hydrogens is 451 g/mol. The fraction of sp³-hybridized carbons (Fsp3) is 0.440. The number of aromatic nitrogens is 2. The highest BCUT2D eigenvalue weighted by atomic mass is 19.1. The van der Waals surface area contributed by atoms with E-state index in [9.17, 15) is 14.0 Å². The molecule has 1 N–H and O–H groups in total. The number of piperazine rings is 1. The van der Waals surface area contributed by atoms with E-state index in [0.29, 0.717) is 25.5 Å². The number of alkyl halides is 1. The van der Waals surface area contributed by atoms with Gasteiger partial charge in [-0.2, -0.15) is 4.98 Å². The number of carbonyl (C=O) groups excluding carboxylic acids is 2.